The average Bonchev–Trinajstić information content (AvgIpc) is 2.63. The lowest BCUT2D eigenvalue weighted by atomic mass is 10.5. The van der Waals surface area contributed by atoms with Gasteiger partial charge in [0.05, 0.1) is 5.69 Å². The largest absolute Gasteiger partial charge is 0.439 e. The van der Waals surface area contributed by atoms with Crippen LogP contribution in [0.1, 0.15) is 18.3 Å². The molecule has 2 heterocycles. The zero-order chi connectivity index (χ0) is 12.3. The predicted molar refractivity (Wildman–Crippen MR) is 66.3 cm³/mol. The summed E-state index contributed by atoms with van der Waals surface area (Å²) >= 11 is 1.39. The van der Waals surface area contributed by atoms with E-state index in [0.717, 1.165) is 23.0 Å². The number of oxazole rings is 1. The van der Waals surface area contributed by atoms with Crippen LogP contribution in [-0.2, 0) is 0 Å². The molecule has 0 saturated carbocycles. The fourth-order valence-electron chi connectivity index (χ4n) is 1.30. The van der Waals surface area contributed by atoms with Gasteiger partial charge in [0.25, 0.3) is 5.22 Å². The van der Waals surface area contributed by atoms with Crippen molar-refractivity contribution in [2.24, 2.45) is 0 Å². The molecule has 17 heavy (non-hydrogen) atoms. The Bertz CT molecular complexity index is 512. The Labute approximate surface area is 104 Å². The van der Waals surface area contributed by atoms with E-state index < -0.39 is 0 Å². The van der Waals surface area contributed by atoms with Crippen LogP contribution in [0.5, 0.6) is 0 Å². The Kier molecular flexibility index (Phi) is 3.63. The van der Waals surface area contributed by atoms with E-state index in [2.05, 4.69) is 20.3 Å². The molecule has 0 radical (unpaired) electrons. The lowest BCUT2D eigenvalue weighted by Crippen LogP contribution is -2.03. The molecule has 0 unspecified atom stereocenters. The zero-order valence-corrected chi connectivity index (χ0v) is 10.8. The van der Waals surface area contributed by atoms with Gasteiger partial charge in [-0.2, -0.15) is 0 Å². The van der Waals surface area contributed by atoms with Crippen LogP contribution in [0.2, 0.25) is 0 Å². The van der Waals surface area contributed by atoms with Gasteiger partial charge >= 0.3 is 0 Å². The number of nitrogens with zero attached hydrogens (tertiary/aromatic N) is 3. The van der Waals surface area contributed by atoms with Gasteiger partial charge in [0, 0.05) is 12.2 Å². The Morgan fingerprint density at radius 2 is 2.06 bits per heavy atom. The van der Waals surface area contributed by atoms with Crippen molar-refractivity contribution < 1.29 is 4.42 Å². The Morgan fingerprint density at radius 3 is 2.71 bits per heavy atom. The Hall–Kier alpha value is -1.56. The van der Waals surface area contributed by atoms with Crippen LogP contribution < -0.4 is 5.32 Å². The van der Waals surface area contributed by atoms with Gasteiger partial charge in [0.15, 0.2) is 0 Å². The number of hydrogen-bond acceptors (Lipinski definition) is 6. The monoisotopic (exact) mass is 250 g/mol. The normalized spacial score (nSPS) is 10.5. The van der Waals surface area contributed by atoms with Crippen molar-refractivity contribution in [1.82, 2.24) is 15.0 Å². The van der Waals surface area contributed by atoms with Crippen LogP contribution in [0, 0.1) is 13.8 Å². The molecule has 0 aliphatic rings. The minimum absolute atomic E-state index is 0.600. The van der Waals surface area contributed by atoms with Crippen LogP contribution in [0.25, 0.3) is 0 Å². The summed E-state index contributed by atoms with van der Waals surface area (Å²) in [6, 6.07) is 1.91. The quantitative estimate of drug-likeness (QED) is 0.842. The molecule has 0 bridgehead atoms. The van der Waals surface area contributed by atoms with E-state index in [1.807, 2.05) is 26.8 Å². The minimum atomic E-state index is 0.600. The lowest BCUT2D eigenvalue weighted by molar-refractivity contribution is 0.454. The fourth-order valence-corrected chi connectivity index (χ4v) is 2.12. The average molecular weight is 250 g/mol. The van der Waals surface area contributed by atoms with Gasteiger partial charge in [-0.15, -0.1) is 0 Å². The molecule has 0 spiro atoms. The van der Waals surface area contributed by atoms with Crippen molar-refractivity contribution in [3.8, 4) is 0 Å². The summed E-state index contributed by atoms with van der Waals surface area (Å²) in [5.41, 5.74) is 1.78. The first-order chi connectivity index (χ1) is 8.17. The van der Waals surface area contributed by atoms with Gasteiger partial charge in [0.1, 0.15) is 11.3 Å². The Balaban J connectivity index is 2.20. The number of aromatic nitrogens is 3. The highest BCUT2D eigenvalue weighted by atomic mass is 32.2. The molecular weight excluding hydrogens is 236 g/mol. The van der Waals surface area contributed by atoms with Crippen LogP contribution in [0.4, 0.5) is 5.95 Å². The Morgan fingerprint density at radius 1 is 1.24 bits per heavy atom. The number of nitrogens with one attached hydrogen (secondary N) is 1. The third-order valence-electron chi connectivity index (χ3n) is 1.96. The minimum Gasteiger partial charge on any atom is -0.439 e. The van der Waals surface area contributed by atoms with Gasteiger partial charge in [-0.25, -0.2) is 15.0 Å². The highest BCUT2D eigenvalue weighted by molar-refractivity contribution is 7.99. The molecule has 2 aromatic rings. The van der Waals surface area contributed by atoms with Crippen molar-refractivity contribution >= 4 is 17.7 Å². The summed E-state index contributed by atoms with van der Waals surface area (Å²) in [7, 11) is 0. The standard InChI is InChI=1S/C11H14N4OS/c1-4-12-10-13-7(2)5-9(15-10)17-11-14-8(3)6-16-11/h5-6H,4H2,1-3H3,(H,12,13,15). The second kappa shape index (κ2) is 5.18. The summed E-state index contributed by atoms with van der Waals surface area (Å²) in [4.78, 5) is 12.9. The van der Waals surface area contributed by atoms with Crippen LogP contribution in [-0.4, -0.2) is 21.5 Å². The molecule has 90 valence electrons. The van der Waals surface area contributed by atoms with Gasteiger partial charge < -0.3 is 9.73 Å². The van der Waals surface area contributed by atoms with E-state index >= 15 is 0 Å². The maximum absolute atomic E-state index is 5.28. The van der Waals surface area contributed by atoms with E-state index in [9.17, 15) is 0 Å². The summed E-state index contributed by atoms with van der Waals surface area (Å²) in [6.07, 6.45) is 1.63. The number of rotatable bonds is 4. The lowest BCUT2D eigenvalue weighted by Gasteiger charge is -2.04. The van der Waals surface area contributed by atoms with Crippen LogP contribution >= 0.6 is 11.8 Å². The van der Waals surface area contributed by atoms with Gasteiger partial charge in [-0.3, -0.25) is 0 Å². The second-order valence-electron chi connectivity index (χ2n) is 3.56. The van der Waals surface area contributed by atoms with Gasteiger partial charge in [-0.05, 0) is 38.6 Å². The molecule has 0 aromatic carbocycles. The van der Waals surface area contributed by atoms with E-state index in [0.29, 0.717) is 11.2 Å². The molecule has 0 aliphatic carbocycles. The van der Waals surface area contributed by atoms with E-state index in [-0.39, 0.29) is 0 Å². The van der Waals surface area contributed by atoms with Crippen molar-refractivity contribution in [1.29, 1.82) is 0 Å². The van der Waals surface area contributed by atoms with E-state index in [1.165, 1.54) is 11.8 Å². The molecule has 0 amide bonds. The van der Waals surface area contributed by atoms with Crippen molar-refractivity contribution in [2.75, 3.05) is 11.9 Å². The molecule has 2 aromatic heterocycles. The van der Waals surface area contributed by atoms with Crippen LogP contribution in [0.3, 0.4) is 0 Å². The summed E-state index contributed by atoms with van der Waals surface area (Å²) < 4.78 is 5.28. The highest BCUT2D eigenvalue weighted by Gasteiger charge is 2.07. The second-order valence-corrected chi connectivity index (χ2v) is 4.53. The number of anilines is 1. The van der Waals surface area contributed by atoms with E-state index in [4.69, 9.17) is 4.42 Å². The topological polar surface area (TPSA) is 63.8 Å². The van der Waals surface area contributed by atoms with Crippen LogP contribution in [0.15, 0.2) is 27.0 Å². The maximum atomic E-state index is 5.28. The molecule has 6 heteroatoms. The third-order valence-corrected chi connectivity index (χ3v) is 2.74. The maximum Gasteiger partial charge on any atom is 0.262 e. The number of hydrogen-bond donors (Lipinski definition) is 1. The van der Waals surface area contributed by atoms with Gasteiger partial charge in [0.2, 0.25) is 5.95 Å². The third kappa shape index (κ3) is 3.20. The summed E-state index contributed by atoms with van der Waals surface area (Å²) in [6.45, 7) is 6.64. The zero-order valence-electron chi connectivity index (χ0n) is 10.0. The molecule has 0 aliphatic heterocycles. The van der Waals surface area contributed by atoms with Crippen molar-refractivity contribution in [2.45, 2.75) is 31.0 Å². The molecule has 0 atom stereocenters. The fraction of sp³-hybridized carbons (Fsp3) is 0.364. The number of aryl methyl sites for hydroxylation is 2. The smallest absolute Gasteiger partial charge is 0.262 e. The summed E-state index contributed by atoms with van der Waals surface area (Å²) in [5.74, 6) is 0.637. The SMILES string of the molecule is CCNc1nc(C)cc(Sc2nc(C)co2)n1. The van der Waals surface area contributed by atoms with Gasteiger partial charge in [-0.1, -0.05) is 0 Å². The highest BCUT2D eigenvalue weighted by Crippen LogP contribution is 2.26. The van der Waals surface area contributed by atoms with E-state index in [1.54, 1.807) is 6.26 Å². The van der Waals surface area contributed by atoms with Crippen molar-refractivity contribution in [3.05, 3.63) is 23.7 Å². The predicted octanol–water partition coefficient (Wildman–Crippen LogP) is 2.66. The first kappa shape index (κ1) is 11.9. The van der Waals surface area contributed by atoms with Crippen molar-refractivity contribution in [3.63, 3.8) is 0 Å². The molecule has 5 nitrogen and oxygen atoms in total. The molecule has 0 fully saturated rings. The summed E-state index contributed by atoms with van der Waals surface area (Å²) in [5, 5.41) is 4.52. The molecule has 2 rings (SSSR count). The first-order valence-corrected chi connectivity index (χ1v) is 6.18. The molecular formula is C11H14N4OS. The molecule has 1 N–H and O–H groups in total. The first-order valence-electron chi connectivity index (χ1n) is 5.37. The molecule has 0 saturated heterocycles.